The third kappa shape index (κ3) is 6.42. The van der Waals surface area contributed by atoms with Crippen LogP contribution in [0.4, 0.5) is 0 Å². The Morgan fingerprint density at radius 1 is 1.12 bits per heavy atom. The standard InChI is InChI=1S/C20H32N4O2/c1-4-9-21-20(26)17(3)22-19(25)15-24-12-10-23(11-13-24)14-18-8-6-5-7-16(18)2/h5-8,17H,4,9-15H2,1-3H3,(H,21,26)(H,22,25)/p+2/t17-/m1/s1. The van der Waals surface area contributed by atoms with Gasteiger partial charge in [0.05, 0.1) is 0 Å². The van der Waals surface area contributed by atoms with Crippen LogP contribution in [0.5, 0.6) is 0 Å². The minimum atomic E-state index is -0.471. The average molecular weight is 363 g/mol. The van der Waals surface area contributed by atoms with Gasteiger partial charge in [-0.15, -0.1) is 0 Å². The van der Waals surface area contributed by atoms with E-state index in [1.807, 2.05) is 6.92 Å². The molecule has 0 aromatic heterocycles. The lowest BCUT2D eigenvalue weighted by atomic mass is 10.1. The van der Waals surface area contributed by atoms with Crippen molar-refractivity contribution in [3.05, 3.63) is 35.4 Å². The molecule has 1 aliphatic heterocycles. The van der Waals surface area contributed by atoms with Crippen molar-refractivity contribution >= 4 is 11.8 Å². The van der Waals surface area contributed by atoms with Gasteiger partial charge in [-0.3, -0.25) is 9.59 Å². The molecule has 0 spiro atoms. The zero-order valence-corrected chi connectivity index (χ0v) is 16.4. The molecule has 0 bridgehead atoms. The number of aryl methyl sites for hydroxylation is 1. The van der Waals surface area contributed by atoms with E-state index in [-0.39, 0.29) is 11.8 Å². The number of rotatable bonds is 8. The summed E-state index contributed by atoms with van der Waals surface area (Å²) in [6, 6.07) is 8.09. The molecule has 4 N–H and O–H groups in total. The zero-order chi connectivity index (χ0) is 18.9. The molecule has 1 aromatic rings. The zero-order valence-electron chi connectivity index (χ0n) is 16.4. The van der Waals surface area contributed by atoms with Crippen molar-refractivity contribution in [2.75, 3.05) is 39.3 Å². The van der Waals surface area contributed by atoms with Gasteiger partial charge >= 0.3 is 0 Å². The maximum Gasteiger partial charge on any atom is 0.275 e. The molecule has 0 unspecified atom stereocenters. The number of carbonyl (C=O) groups excluding carboxylic acids is 2. The smallest absolute Gasteiger partial charge is 0.275 e. The van der Waals surface area contributed by atoms with E-state index in [4.69, 9.17) is 0 Å². The largest absolute Gasteiger partial charge is 0.354 e. The van der Waals surface area contributed by atoms with E-state index in [9.17, 15) is 9.59 Å². The molecule has 1 atom stereocenters. The Morgan fingerprint density at radius 2 is 1.77 bits per heavy atom. The Morgan fingerprint density at radius 3 is 2.42 bits per heavy atom. The van der Waals surface area contributed by atoms with Crippen LogP contribution in [0.25, 0.3) is 0 Å². The summed E-state index contributed by atoms with van der Waals surface area (Å²) in [5.74, 6) is -0.149. The summed E-state index contributed by atoms with van der Waals surface area (Å²) in [5, 5.41) is 5.63. The number of piperazine rings is 1. The Bertz CT molecular complexity index is 597. The third-order valence-electron chi connectivity index (χ3n) is 5.10. The lowest BCUT2D eigenvalue weighted by molar-refractivity contribution is -1.02. The fraction of sp³-hybridized carbons (Fsp3) is 0.600. The second-order valence-electron chi connectivity index (χ2n) is 7.36. The summed E-state index contributed by atoms with van der Waals surface area (Å²) >= 11 is 0. The summed E-state index contributed by atoms with van der Waals surface area (Å²) in [7, 11) is 0. The first-order valence-electron chi connectivity index (χ1n) is 9.78. The summed E-state index contributed by atoms with van der Waals surface area (Å²) in [6.45, 7) is 12.2. The van der Waals surface area contributed by atoms with Gasteiger partial charge in [-0.1, -0.05) is 31.2 Å². The van der Waals surface area contributed by atoms with Crippen LogP contribution in [0.15, 0.2) is 24.3 Å². The average Bonchev–Trinajstić information content (AvgIpc) is 2.63. The highest BCUT2D eigenvalue weighted by Gasteiger charge is 2.26. The van der Waals surface area contributed by atoms with Gasteiger partial charge in [0.25, 0.3) is 5.91 Å². The molecule has 6 nitrogen and oxygen atoms in total. The molecule has 1 aromatic carbocycles. The van der Waals surface area contributed by atoms with Crippen LogP contribution in [0.2, 0.25) is 0 Å². The normalized spacial score (nSPS) is 21.0. The van der Waals surface area contributed by atoms with E-state index in [1.165, 1.54) is 16.0 Å². The van der Waals surface area contributed by atoms with Crippen LogP contribution in [-0.4, -0.2) is 57.1 Å². The molecule has 1 aliphatic rings. The number of benzene rings is 1. The van der Waals surface area contributed by atoms with Gasteiger partial charge in [0, 0.05) is 12.1 Å². The molecular formula is C20H34N4O2+2. The number of quaternary nitrogens is 2. The Hall–Kier alpha value is -1.92. The quantitative estimate of drug-likeness (QED) is 0.446. The van der Waals surface area contributed by atoms with Gasteiger partial charge in [0.1, 0.15) is 38.8 Å². The van der Waals surface area contributed by atoms with E-state index in [2.05, 4.69) is 41.8 Å². The molecule has 0 aliphatic carbocycles. The summed E-state index contributed by atoms with van der Waals surface area (Å²) in [5.41, 5.74) is 2.76. The lowest BCUT2D eigenvalue weighted by Gasteiger charge is -2.30. The van der Waals surface area contributed by atoms with Gasteiger partial charge in [0.2, 0.25) is 5.91 Å². The van der Waals surface area contributed by atoms with Crippen LogP contribution in [0, 0.1) is 6.92 Å². The Kier molecular flexibility index (Phi) is 8.06. The maximum absolute atomic E-state index is 12.2. The fourth-order valence-corrected chi connectivity index (χ4v) is 3.37. The van der Waals surface area contributed by atoms with Crippen molar-refractivity contribution in [1.29, 1.82) is 0 Å². The monoisotopic (exact) mass is 362 g/mol. The predicted octanol–water partition coefficient (Wildman–Crippen LogP) is -1.69. The van der Waals surface area contributed by atoms with Gasteiger partial charge in [-0.2, -0.15) is 0 Å². The molecule has 0 saturated carbocycles. The number of amides is 2. The number of carbonyl (C=O) groups is 2. The summed E-state index contributed by atoms with van der Waals surface area (Å²) < 4.78 is 0. The predicted molar refractivity (Wildman–Crippen MR) is 102 cm³/mol. The number of nitrogens with one attached hydrogen (secondary N) is 4. The Balaban J connectivity index is 1.70. The van der Waals surface area contributed by atoms with Gasteiger partial charge in [0.15, 0.2) is 6.54 Å². The minimum Gasteiger partial charge on any atom is -0.354 e. The maximum atomic E-state index is 12.2. The van der Waals surface area contributed by atoms with Crippen LogP contribution in [0.1, 0.15) is 31.4 Å². The highest BCUT2D eigenvalue weighted by atomic mass is 16.2. The van der Waals surface area contributed by atoms with Gasteiger partial charge < -0.3 is 20.4 Å². The molecular weight excluding hydrogens is 328 g/mol. The number of hydrogen-bond donors (Lipinski definition) is 4. The fourth-order valence-electron chi connectivity index (χ4n) is 3.37. The molecule has 144 valence electrons. The van der Waals surface area contributed by atoms with Crippen molar-refractivity contribution in [3.63, 3.8) is 0 Å². The number of hydrogen-bond acceptors (Lipinski definition) is 2. The molecule has 1 fully saturated rings. The van der Waals surface area contributed by atoms with Crippen LogP contribution in [0.3, 0.4) is 0 Å². The summed E-state index contributed by atoms with van der Waals surface area (Å²) in [4.78, 5) is 26.9. The lowest BCUT2D eigenvalue weighted by Crippen LogP contribution is -3.28. The van der Waals surface area contributed by atoms with E-state index in [1.54, 1.807) is 11.8 Å². The summed E-state index contributed by atoms with van der Waals surface area (Å²) in [6.07, 6.45) is 0.895. The van der Waals surface area contributed by atoms with Gasteiger partial charge in [-0.25, -0.2) is 0 Å². The molecule has 6 heteroatoms. The van der Waals surface area contributed by atoms with Crippen molar-refractivity contribution in [2.24, 2.45) is 0 Å². The molecule has 1 saturated heterocycles. The van der Waals surface area contributed by atoms with Crippen molar-refractivity contribution in [1.82, 2.24) is 10.6 Å². The van der Waals surface area contributed by atoms with E-state index >= 15 is 0 Å². The second kappa shape index (κ2) is 10.3. The van der Waals surface area contributed by atoms with Crippen molar-refractivity contribution < 1.29 is 19.4 Å². The first kappa shape index (κ1) is 20.4. The third-order valence-corrected chi connectivity index (χ3v) is 5.10. The SMILES string of the molecule is CCCNC(=O)[C@@H](C)NC(=O)C[NH+]1CC[NH+](Cc2ccccc2C)CC1. The highest BCUT2D eigenvalue weighted by molar-refractivity contribution is 5.87. The van der Waals surface area contributed by atoms with E-state index in [0.717, 1.165) is 39.1 Å². The van der Waals surface area contributed by atoms with Crippen LogP contribution >= 0.6 is 0 Å². The first-order valence-corrected chi connectivity index (χ1v) is 9.78. The minimum absolute atomic E-state index is 0.0403. The molecule has 26 heavy (non-hydrogen) atoms. The molecule has 2 rings (SSSR count). The Labute approximate surface area is 156 Å². The molecule has 1 heterocycles. The van der Waals surface area contributed by atoms with Crippen molar-refractivity contribution in [3.8, 4) is 0 Å². The van der Waals surface area contributed by atoms with E-state index < -0.39 is 6.04 Å². The highest BCUT2D eigenvalue weighted by Crippen LogP contribution is 2.04. The van der Waals surface area contributed by atoms with E-state index in [0.29, 0.717) is 13.1 Å². The topological polar surface area (TPSA) is 67.1 Å². The van der Waals surface area contributed by atoms with Crippen molar-refractivity contribution in [2.45, 2.75) is 39.8 Å². The molecule has 2 amide bonds. The van der Waals surface area contributed by atoms with Gasteiger partial charge in [-0.05, 0) is 25.8 Å². The second-order valence-corrected chi connectivity index (χ2v) is 7.36. The van der Waals surface area contributed by atoms with Crippen LogP contribution < -0.4 is 20.4 Å². The molecule has 0 radical (unpaired) electrons. The van der Waals surface area contributed by atoms with Crippen LogP contribution in [-0.2, 0) is 16.1 Å². The first-order chi connectivity index (χ1) is 12.5.